The lowest BCUT2D eigenvalue weighted by Gasteiger charge is -2.45. The Morgan fingerprint density at radius 3 is 2.68 bits per heavy atom. The second-order valence-corrected chi connectivity index (χ2v) is 7.89. The standard InChI is InChI=1S/C23H31N5O3/c1-6-19-15(3)21(27-23-25-10-9-14(2)26-23)18-13-17(22(30)24-11-12-31-5)7-8-20(18)28(19)16(4)29/h7-10,13,15,19,21H,6,11-12H2,1-5H3,(H,24,30)(H,25,26,27)/t15-,19-,21+/m0/s1. The summed E-state index contributed by atoms with van der Waals surface area (Å²) in [5.41, 5.74) is 3.11. The van der Waals surface area contributed by atoms with Gasteiger partial charge in [0.25, 0.3) is 5.91 Å². The molecule has 0 aliphatic carbocycles. The molecule has 1 aliphatic heterocycles. The second kappa shape index (κ2) is 9.87. The number of hydrogen-bond donors (Lipinski definition) is 2. The Morgan fingerprint density at radius 1 is 1.26 bits per heavy atom. The molecule has 2 amide bonds. The maximum absolute atomic E-state index is 12.6. The number of rotatable bonds is 7. The number of hydrogen-bond acceptors (Lipinski definition) is 6. The fourth-order valence-electron chi connectivity index (χ4n) is 4.28. The molecule has 8 heteroatoms. The molecule has 0 fully saturated rings. The summed E-state index contributed by atoms with van der Waals surface area (Å²) in [7, 11) is 1.59. The van der Waals surface area contributed by atoms with Crippen LogP contribution in [-0.2, 0) is 9.53 Å². The van der Waals surface area contributed by atoms with Gasteiger partial charge in [0.1, 0.15) is 0 Å². The monoisotopic (exact) mass is 425 g/mol. The zero-order valence-electron chi connectivity index (χ0n) is 18.8. The van der Waals surface area contributed by atoms with Crippen molar-refractivity contribution in [1.82, 2.24) is 15.3 Å². The van der Waals surface area contributed by atoms with E-state index in [1.807, 2.05) is 30.0 Å². The highest BCUT2D eigenvalue weighted by Crippen LogP contribution is 2.43. The summed E-state index contributed by atoms with van der Waals surface area (Å²) in [4.78, 5) is 35.9. The van der Waals surface area contributed by atoms with E-state index < -0.39 is 0 Å². The summed E-state index contributed by atoms with van der Waals surface area (Å²) in [5, 5.41) is 6.31. The first kappa shape index (κ1) is 22.7. The molecule has 3 atom stereocenters. The SMILES string of the molecule is CC[C@H]1[C@H](C)[C@@H](Nc2nccc(C)n2)c2cc(C(=O)NCCOC)ccc2N1C(C)=O. The van der Waals surface area contributed by atoms with Crippen molar-refractivity contribution in [1.29, 1.82) is 0 Å². The predicted molar refractivity (Wildman–Crippen MR) is 120 cm³/mol. The van der Waals surface area contributed by atoms with Crippen LogP contribution in [0, 0.1) is 12.8 Å². The van der Waals surface area contributed by atoms with Gasteiger partial charge in [-0.05, 0) is 43.2 Å². The summed E-state index contributed by atoms with van der Waals surface area (Å²) in [6.07, 6.45) is 2.53. The van der Waals surface area contributed by atoms with Gasteiger partial charge >= 0.3 is 0 Å². The molecule has 1 aromatic carbocycles. The number of benzene rings is 1. The first-order valence-electron chi connectivity index (χ1n) is 10.6. The quantitative estimate of drug-likeness (QED) is 0.662. The van der Waals surface area contributed by atoms with Gasteiger partial charge in [0, 0.05) is 55.7 Å². The highest BCUT2D eigenvalue weighted by Gasteiger charge is 2.40. The van der Waals surface area contributed by atoms with Gasteiger partial charge in [0.2, 0.25) is 11.9 Å². The van der Waals surface area contributed by atoms with E-state index in [1.165, 1.54) is 0 Å². The zero-order valence-corrected chi connectivity index (χ0v) is 18.8. The van der Waals surface area contributed by atoms with Crippen molar-refractivity contribution in [2.75, 3.05) is 30.5 Å². The zero-order chi connectivity index (χ0) is 22.5. The molecule has 2 N–H and O–H groups in total. The van der Waals surface area contributed by atoms with Crippen LogP contribution in [0.5, 0.6) is 0 Å². The van der Waals surface area contributed by atoms with Crippen molar-refractivity contribution in [2.45, 2.75) is 46.2 Å². The van der Waals surface area contributed by atoms with Crippen molar-refractivity contribution < 1.29 is 14.3 Å². The molecule has 0 saturated carbocycles. The first-order chi connectivity index (χ1) is 14.9. The highest BCUT2D eigenvalue weighted by atomic mass is 16.5. The van der Waals surface area contributed by atoms with Crippen molar-refractivity contribution in [3.8, 4) is 0 Å². The number of aryl methyl sites for hydroxylation is 1. The Bertz CT molecular complexity index is 949. The van der Waals surface area contributed by atoms with Crippen LogP contribution in [0.2, 0.25) is 0 Å². The van der Waals surface area contributed by atoms with Crippen LogP contribution in [0.15, 0.2) is 30.5 Å². The van der Waals surface area contributed by atoms with Gasteiger partial charge in [-0.3, -0.25) is 9.59 Å². The third kappa shape index (κ3) is 4.85. The molecule has 0 spiro atoms. The molecular weight excluding hydrogens is 394 g/mol. The third-order valence-corrected chi connectivity index (χ3v) is 5.78. The average molecular weight is 426 g/mol. The van der Waals surface area contributed by atoms with Crippen LogP contribution in [0.3, 0.4) is 0 Å². The lowest BCUT2D eigenvalue weighted by Crippen LogP contribution is -2.49. The minimum atomic E-state index is -0.176. The fraction of sp³-hybridized carbons (Fsp3) is 0.478. The Labute approximate surface area is 183 Å². The number of carbonyl (C=O) groups is 2. The average Bonchev–Trinajstić information content (AvgIpc) is 2.74. The molecule has 2 heterocycles. The van der Waals surface area contributed by atoms with Crippen molar-refractivity contribution >= 4 is 23.5 Å². The van der Waals surface area contributed by atoms with Gasteiger partial charge in [0.05, 0.1) is 12.6 Å². The lowest BCUT2D eigenvalue weighted by molar-refractivity contribution is -0.117. The van der Waals surface area contributed by atoms with E-state index in [4.69, 9.17) is 4.74 Å². The number of methoxy groups -OCH3 is 1. The van der Waals surface area contributed by atoms with E-state index in [2.05, 4.69) is 34.4 Å². The van der Waals surface area contributed by atoms with Crippen molar-refractivity contribution in [3.63, 3.8) is 0 Å². The molecule has 8 nitrogen and oxygen atoms in total. The molecule has 1 aromatic heterocycles. The molecule has 3 rings (SSSR count). The normalized spacial score (nSPS) is 20.2. The smallest absolute Gasteiger partial charge is 0.251 e. The van der Waals surface area contributed by atoms with Crippen molar-refractivity contribution in [3.05, 3.63) is 47.3 Å². The van der Waals surface area contributed by atoms with Crippen LogP contribution >= 0.6 is 0 Å². The third-order valence-electron chi connectivity index (χ3n) is 5.78. The summed E-state index contributed by atoms with van der Waals surface area (Å²) in [6.45, 7) is 8.58. The number of aromatic nitrogens is 2. The molecule has 166 valence electrons. The molecule has 0 bridgehead atoms. The van der Waals surface area contributed by atoms with Crippen LogP contribution < -0.4 is 15.5 Å². The van der Waals surface area contributed by atoms with E-state index in [0.29, 0.717) is 24.7 Å². The van der Waals surface area contributed by atoms with Gasteiger partial charge in [-0.1, -0.05) is 13.8 Å². The predicted octanol–water partition coefficient (Wildman–Crippen LogP) is 3.10. The Morgan fingerprint density at radius 2 is 2.03 bits per heavy atom. The molecule has 0 radical (unpaired) electrons. The van der Waals surface area contributed by atoms with E-state index in [1.54, 1.807) is 26.3 Å². The number of amides is 2. The minimum absolute atomic E-state index is 0.0116. The number of nitrogens with zero attached hydrogens (tertiary/aromatic N) is 3. The van der Waals surface area contributed by atoms with Gasteiger partial charge in [-0.15, -0.1) is 0 Å². The van der Waals surface area contributed by atoms with E-state index in [9.17, 15) is 9.59 Å². The molecule has 1 aliphatic rings. The number of ether oxygens (including phenoxy) is 1. The summed E-state index contributed by atoms with van der Waals surface area (Å²) in [6, 6.07) is 7.21. The van der Waals surface area contributed by atoms with E-state index in [-0.39, 0.29) is 29.8 Å². The maximum atomic E-state index is 12.6. The first-order valence-corrected chi connectivity index (χ1v) is 10.6. The van der Waals surface area contributed by atoms with E-state index >= 15 is 0 Å². The number of nitrogens with one attached hydrogen (secondary N) is 2. The lowest BCUT2D eigenvalue weighted by atomic mass is 9.80. The fourth-order valence-corrected chi connectivity index (χ4v) is 4.28. The topological polar surface area (TPSA) is 96.4 Å². The van der Waals surface area contributed by atoms with Gasteiger partial charge in [0.15, 0.2) is 0 Å². The second-order valence-electron chi connectivity index (χ2n) is 7.89. The summed E-state index contributed by atoms with van der Waals surface area (Å²) in [5.74, 6) is 0.425. The number of anilines is 2. The van der Waals surface area contributed by atoms with E-state index in [0.717, 1.165) is 23.4 Å². The van der Waals surface area contributed by atoms with Gasteiger partial charge in [-0.25, -0.2) is 9.97 Å². The van der Waals surface area contributed by atoms with Crippen LogP contribution in [0.1, 0.15) is 54.8 Å². The van der Waals surface area contributed by atoms with Crippen LogP contribution in [0.25, 0.3) is 0 Å². The maximum Gasteiger partial charge on any atom is 0.251 e. The molecule has 31 heavy (non-hydrogen) atoms. The number of carbonyl (C=O) groups excluding carboxylic acids is 2. The number of fused-ring (bicyclic) bond motifs is 1. The molecular formula is C23H31N5O3. The largest absolute Gasteiger partial charge is 0.383 e. The Balaban J connectivity index is 2.04. The highest BCUT2D eigenvalue weighted by molar-refractivity contribution is 5.98. The van der Waals surface area contributed by atoms with Gasteiger partial charge < -0.3 is 20.3 Å². The summed E-state index contributed by atoms with van der Waals surface area (Å²) < 4.78 is 5.01. The van der Waals surface area contributed by atoms with Crippen molar-refractivity contribution in [2.24, 2.45) is 5.92 Å². The van der Waals surface area contributed by atoms with Crippen LogP contribution in [0.4, 0.5) is 11.6 Å². The summed E-state index contributed by atoms with van der Waals surface area (Å²) >= 11 is 0. The van der Waals surface area contributed by atoms with Crippen LogP contribution in [-0.4, -0.2) is 48.1 Å². The minimum Gasteiger partial charge on any atom is -0.383 e. The molecule has 2 aromatic rings. The van der Waals surface area contributed by atoms with Gasteiger partial charge in [-0.2, -0.15) is 0 Å². The Kier molecular flexibility index (Phi) is 7.22. The molecule has 0 unspecified atom stereocenters. The Hall–Kier alpha value is -3.00. The molecule has 0 saturated heterocycles.